The van der Waals surface area contributed by atoms with Crippen LogP contribution in [0.2, 0.25) is 5.02 Å². The van der Waals surface area contributed by atoms with Crippen molar-refractivity contribution in [2.45, 2.75) is 11.8 Å². The van der Waals surface area contributed by atoms with Crippen molar-refractivity contribution in [3.63, 3.8) is 0 Å². The Morgan fingerprint density at radius 2 is 1.86 bits per heavy atom. The van der Waals surface area contributed by atoms with Crippen molar-refractivity contribution in [3.8, 4) is 0 Å². The zero-order valence-electron chi connectivity index (χ0n) is 11.3. The van der Waals surface area contributed by atoms with Gasteiger partial charge in [-0.05, 0) is 31.2 Å². The third-order valence-electron chi connectivity index (χ3n) is 2.94. The fraction of sp³-hybridized carbons (Fsp3) is 0.143. The molecule has 1 aromatic heterocycles. The summed E-state index contributed by atoms with van der Waals surface area (Å²) in [4.78, 5) is 26.2. The molecule has 0 amide bonds. The molecule has 0 fully saturated rings. The summed E-state index contributed by atoms with van der Waals surface area (Å²) in [5.41, 5.74) is 0.470. The second-order valence-corrected chi connectivity index (χ2v) is 7.02. The van der Waals surface area contributed by atoms with Crippen LogP contribution in [-0.2, 0) is 9.84 Å². The predicted molar refractivity (Wildman–Crippen MR) is 79.8 cm³/mol. The lowest BCUT2D eigenvalue weighted by molar-refractivity contribution is 0.103. The van der Waals surface area contributed by atoms with E-state index in [9.17, 15) is 18.0 Å². The van der Waals surface area contributed by atoms with Crippen LogP contribution in [0.3, 0.4) is 0 Å². The first-order valence-electron chi connectivity index (χ1n) is 5.94. The van der Waals surface area contributed by atoms with Crippen LogP contribution in [-0.4, -0.2) is 25.4 Å². The molecule has 0 unspecified atom stereocenters. The Hall–Kier alpha value is -1.92. The van der Waals surface area contributed by atoms with Crippen LogP contribution in [0.5, 0.6) is 0 Å². The lowest BCUT2D eigenvalue weighted by Gasteiger charge is -2.05. The molecule has 1 heterocycles. The van der Waals surface area contributed by atoms with E-state index in [0.29, 0.717) is 5.56 Å². The Balaban J connectivity index is 2.47. The van der Waals surface area contributed by atoms with Crippen LogP contribution in [0, 0.1) is 6.92 Å². The zero-order chi connectivity index (χ0) is 15.8. The second-order valence-electron chi connectivity index (χ2n) is 4.63. The molecule has 1 aromatic carbocycles. The van der Waals surface area contributed by atoms with Crippen molar-refractivity contribution < 1.29 is 13.2 Å². The molecule has 5 nitrogen and oxygen atoms in total. The minimum Gasteiger partial charge on any atom is -0.319 e. The Bertz CT molecular complexity index is 884. The van der Waals surface area contributed by atoms with Crippen LogP contribution in [0.1, 0.15) is 21.6 Å². The van der Waals surface area contributed by atoms with E-state index in [-0.39, 0.29) is 26.7 Å². The molecule has 2 aromatic rings. The molecular weight excluding hydrogens is 314 g/mol. The average molecular weight is 326 g/mol. The van der Waals surface area contributed by atoms with Crippen molar-refractivity contribution in [1.82, 2.24) is 4.98 Å². The molecule has 110 valence electrons. The third-order valence-corrected chi connectivity index (χ3v) is 4.52. The molecule has 0 spiro atoms. The van der Waals surface area contributed by atoms with Crippen molar-refractivity contribution in [1.29, 1.82) is 0 Å². The maximum atomic E-state index is 12.2. The maximum Gasteiger partial charge on any atom is 0.251 e. The van der Waals surface area contributed by atoms with Crippen LogP contribution >= 0.6 is 11.6 Å². The highest BCUT2D eigenvalue weighted by molar-refractivity contribution is 7.90. The van der Waals surface area contributed by atoms with E-state index in [1.54, 1.807) is 13.0 Å². The van der Waals surface area contributed by atoms with Gasteiger partial charge in [-0.15, -0.1) is 0 Å². The molecule has 0 aliphatic heterocycles. The Morgan fingerprint density at radius 3 is 2.38 bits per heavy atom. The summed E-state index contributed by atoms with van der Waals surface area (Å²) in [6, 6.07) is 6.95. The number of H-pyrrole nitrogens is 1. The van der Waals surface area contributed by atoms with Crippen LogP contribution < -0.4 is 5.56 Å². The molecule has 2 rings (SSSR count). The topological polar surface area (TPSA) is 84.1 Å². The van der Waals surface area contributed by atoms with Gasteiger partial charge in [0.05, 0.1) is 15.6 Å². The second kappa shape index (κ2) is 5.46. The third kappa shape index (κ3) is 3.22. The molecular formula is C14H12ClNO4S. The van der Waals surface area contributed by atoms with E-state index in [2.05, 4.69) is 4.98 Å². The number of carbonyl (C=O) groups is 1. The molecule has 0 radical (unpaired) electrons. The number of aromatic nitrogens is 1. The van der Waals surface area contributed by atoms with Gasteiger partial charge in [0, 0.05) is 17.4 Å². The minimum atomic E-state index is -3.45. The van der Waals surface area contributed by atoms with Gasteiger partial charge in [0.25, 0.3) is 5.56 Å². The summed E-state index contributed by atoms with van der Waals surface area (Å²) in [5, 5.41) is -0.0298. The minimum absolute atomic E-state index is 0.0298. The highest BCUT2D eigenvalue weighted by Crippen LogP contribution is 2.23. The number of pyridine rings is 1. The summed E-state index contributed by atoms with van der Waals surface area (Å²) in [6.07, 6.45) is 1.03. The lowest BCUT2D eigenvalue weighted by atomic mass is 10.1. The summed E-state index contributed by atoms with van der Waals surface area (Å²) < 4.78 is 22.9. The molecule has 7 heteroatoms. The highest BCUT2D eigenvalue weighted by Gasteiger charge is 2.16. The quantitative estimate of drug-likeness (QED) is 0.874. The number of carbonyl (C=O) groups excluding carboxylic acids is 1. The monoisotopic (exact) mass is 325 g/mol. The Kier molecular flexibility index (Phi) is 4.02. The van der Waals surface area contributed by atoms with Crippen LogP contribution in [0.25, 0.3) is 0 Å². The maximum absolute atomic E-state index is 12.2. The molecule has 0 saturated heterocycles. The van der Waals surface area contributed by atoms with Gasteiger partial charge in [0.2, 0.25) is 5.78 Å². The summed E-state index contributed by atoms with van der Waals surface area (Å²) in [6.45, 7) is 1.63. The Morgan fingerprint density at radius 1 is 1.19 bits per heavy atom. The van der Waals surface area contributed by atoms with E-state index in [4.69, 9.17) is 11.6 Å². The van der Waals surface area contributed by atoms with E-state index in [0.717, 1.165) is 6.26 Å². The van der Waals surface area contributed by atoms with Crippen molar-refractivity contribution >= 4 is 27.2 Å². The SMILES string of the molecule is Cc1ccc(C(=O)c2ccc(S(C)(=O)=O)c(Cl)c2)[nH]c1=O. The largest absolute Gasteiger partial charge is 0.319 e. The van der Waals surface area contributed by atoms with Gasteiger partial charge in [0.15, 0.2) is 9.84 Å². The number of rotatable bonds is 3. The van der Waals surface area contributed by atoms with Crippen LogP contribution in [0.15, 0.2) is 40.0 Å². The van der Waals surface area contributed by atoms with Crippen molar-refractivity contribution in [2.75, 3.05) is 6.26 Å². The average Bonchev–Trinajstić information content (AvgIpc) is 2.39. The molecule has 21 heavy (non-hydrogen) atoms. The number of ketones is 1. The fourth-order valence-corrected chi connectivity index (χ4v) is 3.11. The summed E-state index contributed by atoms with van der Waals surface area (Å²) in [7, 11) is -3.45. The van der Waals surface area contributed by atoms with E-state index >= 15 is 0 Å². The van der Waals surface area contributed by atoms with Gasteiger partial charge >= 0.3 is 0 Å². The highest BCUT2D eigenvalue weighted by atomic mass is 35.5. The number of aryl methyl sites for hydroxylation is 1. The van der Waals surface area contributed by atoms with Crippen molar-refractivity contribution in [3.05, 3.63) is 62.5 Å². The summed E-state index contributed by atoms with van der Waals surface area (Å²) >= 11 is 5.90. The first-order valence-corrected chi connectivity index (χ1v) is 8.21. The van der Waals surface area contributed by atoms with Crippen molar-refractivity contribution in [2.24, 2.45) is 0 Å². The molecule has 0 bridgehead atoms. The van der Waals surface area contributed by atoms with Gasteiger partial charge in [-0.3, -0.25) is 9.59 Å². The molecule has 0 aliphatic carbocycles. The fourth-order valence-electron chi connectivity index (χ4n) is 1.78. The Labute approximate surface area is 126 Å². The molecule has 0 atom stereocenters. The van der Waals surface area contributed by atoms with E-state index in [1.165, 1.54) is 24.3 Å². The number of sulfone groups is 1. The number of aromatic amines is 1. The van der Waals surface area contributed by atoms with Gasteiger partial charge in [-0.1, -0.05) is 17.7 Å². The standard InChI is InChI=1S/C14H12ClNO4S/c1-8-3-5-11(16-14(8)18)13(17)9-4-6-12(10(15)7-9)21(2,19)20/h3-7H,1-2H3,(H,16,18). The lowest BCUT2D eigenvalue weighted by Crippen LogP contribution is -2.15. The first-order chi connectivity index (χ1) is 9.70. The smallest absolute Gasteiger partial charge is 0.251 e. The van der Waals surface area contributed by atoms with Gasteiger partial charge in [-0.25, -0.2) is 8.42 Å². The first kappa shape index (κ1) is 15.5. The number of benzene rings is 1. The zero-order valence-corrected chi connectivity index (χ0v) is 12.9. The number of hydrogen-bond acceptors (Lipinski definition) is 4. The predicted octanol–water partition coefficient (Wildman–Crippen LogP) is 1.97. The van der Waals surface area contributed by atoms with E-state index < -0.39 is 15.6 Å². The number of nitrogens with one attached hydrogen (secondary N) is 1. The van der Waals surface area contributed by atoms with E-state index in [1.807, 2.05) is 0 Å². The molecule has 0 aliphatic rings. The summed E-state index contributed by atoms with van der Waals surface area (Å²) in [5.74, 6) is -0.436. The van der Waals surface area contributed by atoms with Crippen LogP contribution in [0.4, 0.5) is 0 Å². The molecule has 0 saturated carbocycles. The van der Waals surface area contributed by atoms with Gasteiger partial charge < -0.3 is 4.98 Å². The number of hydrogen-bond donors (Lipinski definition) is 1. The normalized spacial score (nSPS) is 11.4. The van der Waals surface area contributed by atoms with Gasteiger partial charge in [0.1, 0.15) is 0 Å². The molecule has 1 N–H and O–H groups in total. The van der Waals surface area contributed by atoms with Gasteiger partial charge in [-0.2, -0.15) is 0 Å². The number of halogens is 1.